The van der Waals surface area contributed by atoms with Crippen LogP contribution >= 0.6 is 11.6 Å². The molecule has 5 rings (SSSR count). The molecule has 0 radical (unpaired) electrons. The Balaban J connectivity index is 1.69. The second kappa shape index (κ2) is 9.94. The molecule has 2 aromatic heterocycles. The molecule has 38 heavy (non-hydrogen) atoms. The minimum absolute atomic E-state index is 0.0453. The van der Waals surface area contributed by atoms with Gasteiger partial charge >= 0.3 is 12.1 Å². The predicted octanol–water partition coefficient (Wildman–Crippen LogP) is 7.43. The summed E-state index contributed by atoms with van der Waals surface area (Å²) in [5.41, 5.74) is 3.13. The number of aromatic carboxylic acids is 1. The van der Waals surface area contributed by atoms with E-state index in [1.165, 1.54) is 12.1 Å². The van der Waals surface area contributed by atoms with E-state index in [4.69, 9.17) is 11.6 Å². The van der Waals surface area contributed by atoms with Gasteiger partial charge in [0.15, 0.2) is 5.82 Å². The molecule has 198 valence electrons. The molecule has 0 unspecified atom stereocenters. The molecule has 0 bridgehead atoms. The molecule has 2 heterocycles. The average molecular weight is 543 g/mol. The molecule has 0 saturated heterocycles. The second-order valence-corrected chi connectivity index (χ2v) is 10.3. The van der Waals surface area contributed by atoms with Crippen molar-refractivity contribution >= 4 is 34.4 Å². The highest BCUT2D eigenvalue weighted by molar-refractivity contribution is 6.33. The molecule has 1 saturated carbocycles. The van der Waals surface area contributed by atoms with E-state index in [2.05, 4.69) is 15.3 Å². The molecule has 1 fully saturated rings. The monoisotopic (exact) mass is 542 g/mol. The third kappa shape index (κ3) is 5.07. The minimum Gasteiger partial charge on any atom is -0.475 e. The van der Waals surface area contributed by atoms with Gasteiger partial charge < -0.3 is 15.0 Å². The highest BCUT2D eigenvalue weighted by Gasteiger charge is 2.30. The fourth-order valence-electron chi connectivity index (χ4n) is 4.83. The Hall–Kier alpha value is -3.59. The molecule has 2 N–H and O–H groups in total. The number of aromatic nitrogens is 3. The number of rotatable bonds is 7. The first-order chi connectivity index (χ1) is 18.0. The number of alkyl halides is 3. The zero-order valence-electron chi connectivity index (χ0n) is 20.8. The van der Waals surface area contributed by atoms with E-state index in [1.54, 1.807) is 6.07 Å². The van der Waals surface area contributed by atoms with Crippen LogP contribution in [-0.4, -0.2) is 31.7 Å². The Morgan fingerprint density at radius 2 is 1.87 bits per heavy atom. The van der Waals surface area contributed by atoms with E-state index >= 15 is 0 Å². The summed E-state index contributed by atoms with van der Waals surface area (Å²) in [6.45, 7) is 4.19. The van der Waals surface area contributed by atoms with Gasteiger partial charge in [0.25, 0.3) is 0 Å². The van der Waals surface area contributed by atoms with Gasteiger partial charge in [-0.2, -0.15) is 13.2 Å². The van der Waals surface area contributed by atoms with Crippen molar-refractivity contribution < 1.29 is 23.1 Å². The molecule has 0 amide bonds. The first kappa shape index (κ1) is 26.0. The van der Waals surface area contributed by atoms with Crippen molar-refractivity contribution in [2.24, 2.45) is 5.92 Å². The van der Waals surface area contributed by atoms with E-state index in [-0.39, 0.29) is 18.4 Å². The lowest BCUT2D eigenvalue weighted by atomic mass is 9.80. The molecule has 0 aliphatic heterocycles. The van der Waals surface area contributed by atoms with Crippen LogP contribution in [0.1, 0.15) is 53.5 Å². The number of carbonyl (C=O) groups is 1. The number of carboxylic acid groups (broad SMARTS) is 1. The van der Waals surface area contributed by atoms with Crippen LogP contribution in [0, 0.1) is 12.8 Å². The van der Waals surface area contributed by atoms with Crippen molar-refractivity contribution in [1.82, 2.24) is 14.5 Å². The summed E-state index contributed by atoms with van der Waals surface area (Å²) in [6, 6.07) is 10.6. The maximum Gasteiger partial charge on any atom is 0.416 e. The van der Waals surface area contributed by atoms with Gasteiger partial charge in [0, 0.05) is 34.9 Å². The second-order valence-electron chi connectivity index (χ2n) is 9.87. The van der Waals surface area contributed by atoms with Gasteiger partial charge in [-0.1, -0.05) is 41.8 Å². The third-order valence-electron chi connectivity index (χ3n) is 7.17. The third-order valence-corrected chi connectivity index (χ3v) is 7.50. The van der Waals surface area contributed by atoms with Gasteiger partial charge in [0.05, 0.1) is 5.56 Å². The first-order valence-electron chi connectivity index (χ1n) is 12.3. The van der Waals surface area contributed by atoms with Crippen LogP contribution in [0.5, 0.6) is 0 Å². The normalized spacial score (nSPS) is 14.9. The molecule has 1 atom stereocenters. The lowest BCUT2D eigenvalue weighted by molar-refractivity contribution is -0.137. The molecule has 0 spiro atoms. The van der Waals surface area contributed by atoms with Crippen LogP contribution < -0.4 is 5.32 Å². The Morgan fingerprint density at radius 1 is 1.16 bits per heavy atom. The molecular formula is C28H26ClF3N4O2. The lowest BCUT2D eigenvalue weighted by Gasteiger charge is -2.32. The van der Waals surface area contributed by atoms with Gasteiger partial charge in [-0.3, -0.25) is 0 Å². The van der Waals surface area contributed by atoms with E-state index in [0.717, 1.165) is 37.0 Å². The van der Waals surface area contributed by atoms with Crippen LogP contribution in [0.25, 0.3) is 22.2 Å². The number of hydrogen-bond donors (Lipinski definition) is 2. The van der Waals surface area contributed by atoms with Gasteiger partial charge in [0.1, 0.15) is 11.0 Å². The van der Waals surface area contributed by atoms with Crippen molar-refractivity contribution in [3.63, 3.8) is 0 Å². The number of nitrogens with one attached hydrogen (secondary N) is 1. The van der Waals surface area contributed by atoms with Crippen LogP contribution in [0.2, 0.25) is 5.02 Å². The highest BCUT2D eigenvalue weighted by Crippen LogP contribution is 2.39. The topological polar surface area (TPSA) is 80.0 Å². The Bertz CT molecular complexity index is 1510. The summed E-state index contributed by atoms with van der Waals surface area (Å²) in [6.07, 6.45) is 0.679. The maximum absolute atomic E-state index is 13.1. The number of benzene rings is 2. The van der Waals surface area contributed by atoms with Crippen molar-refractivity contribution in [3.05, 3.63) is 76.2 Å². The predicted molar refractivity (Wildman–Crippen MR) is 141 cm³/mol. The molecule has 1 aliphatic rings. The quantitative estimate of drug-likeness (QED) is 0.254. The number of aryl methyl sites for hydroxylation is 1. The van der Waals surface area contributed by atoms with Gasteiger partial charge in [-0.15, -0.1) is 0 Å². The van der Waals surface area contributed by atoms with E-state index in [9.17, 15) is 23.1 Å². The largest absolute Gasteiger partial charge is 0.475 e. The number of anilines is 1. The van der Waals surface area contributed by atoms with Gasteiger partial charge in [-0.25, -0.2) is 14.8 Å². The van der Waals surface area contributed by atoms with Crippen molar-refractivity contribution in [2.45, 2.75) is 51.9 Å². The molecule has 10 heteroatoms. The lowest BCUT2D eigenvalue weighted by Crippen LogP contribution is -2.31. The number of carboxylic acids is 1. The molecule has 4 aromatic rings. The van der Waals surface area contributed by atoms with Crippen molar-refractivity contribution in [3.8, 4) is 11.1 Å². The highest BCUT2D eigenvalue weighted by atomic mass is 35.5. The van der Waals surface area contributed by atoms with Crippen LogP contribution in [-0.2, 0) is 12.7 Å². The molecule has 2 aromatic carbocycles. The summed E-state index contributed by atoms with van der Waals surface area (Å²) in [5, 5.41) is 13.7. The van der Waals surface area contributed by atoms with Crippen LogP contribution in [0.15, 0.2) is 48.7 Å². The number of halogens is 4. The summed E-state index contributed by atoms with van der Waals surface area (Å²) < 4.78 is 41.1. The Morgan fingerprint density at radius 3 is 2.47 bits per heavy atom. The van der Waals surface area contributed by atoms with Gasteiger partial charge in [0.2, 0.25) is 5.82 Å². The summed E-state index contributed by atoms with van der Waals surface area (Å²) in [5.74, 6) is -0.799. The molecule has 1 aliphatic carbocycles. The minimum atomic E-state index is -4.43. The summed E-state index contributed by atoms with van der Waals surface area (Å²) in [4.78, 5) is 20.7. The zero-order chi connectivity index (χ0) is 27.2. The van der Waals surface area contributed by atoms with E-state index in [0.29, 0.717) is 44.5 Å². The number of hydrogen-bond acceptors (Lipinski definition) is 4. The Kier molecular flexibility index (Phi) is 6.81. The SMILES string of the molecule is Cc1ccc(Cl)c(-c2cn(Cc3ccc(C(F)(F)F)cc3)c3c(N[C@H](C)C4CCC4)nc(C(=O)O)nc23)c1. The summed E-state index contributed by atoms with van der Waals surface area (Å²) >= 11 is 6.56. The first-order valence-corrected chi connectivity index (χ1v) is 12.7. The number of fused-ring (bicyclic) bond motifs is 1. The van der Waals surface area contributed by atoms with Crippen molar-refractivity contribution in [1.29, 1.82) is 0 Å². The fraction of sp³-hybridized carbons (Fsp3) is 0.321. The van der Waals surface area contributed by atoms with E-state index < -0.39 is 17.7 Å². The zero-order valence-corrected chi connectivity index (χ0v) is 21.6. The summed E-state index contributed by atoms with van der Waals surface area (Å²) in [7, 11) is 0. The smallest absolute Gasteiger partial charge is 0.416 e. The number of nitrogens with zero attached hydrogens (tertiary/aromatic N) is 3. The standard InChI is InChI=1S/C28H26ClF3N4O2/c1-15-6-11-22(29)20(12-15)21-14-36(13-17-7-9-19(10-8-17)28(30,31)32)24-23(21)34-26(27(37)38)35-25(24)33-16(2)18-4-3-5-18/h6-12,14,16,18H,3-5,13H2,1-2H3,(H,37,38)(H,33,34,35)/t16-/m1/s1. The average Bonchev–Trinajstić information content (AvgIpc) is 3.17. The Labute approximate surface area is 222 Å². The fourth-order valence-corrected chi connectivity index (χ4v) is 5.05. The molecular weight excluding hydrogens is 517 g/mol. The van der Waals surface area contributed by atoms with Crippen molar-refractivity contribution in [2.75, 3.05) is 5.32 Å². The van der Waals surface area contributed by atoms with Crippen LogP contribution in [0.4, 0.5) is 19.0 Å². The molecule has 6 nitrogen and oxygen atoms in total. The van der Waals surface area contributed by atoms with Crippen LogP contribution in [0.3, 0.4) is 0 Å². The van der Waals surface area contributed by atoms with E-state index in [1.807, 2.05) is 36.7 Å². The maximum atomic E-state index is 13.1. The van der Waals surface area contributed by atoms with Gasteiger partial charge in [-0.05, 0) is 62.4 Å².